The average molecular weight is 392 g/mol. The molecule has 0 fully saturated rings. The number of fused-ring (bicyclic) bond motifs is 1. The van der Waals surface area contributed by atoms with Gasteiger partial charge in [0.15, 0.2) is 0 Å². The number of unbranched alkanes of at least 4 members (excludes halogenated alkanes) is 1. The number of benzene rings is 2. The number of nitrogens with two attached hydrogens (primary N) is 1. The standard InChI is InChI=1S/C19H20BrClN2/c1-12-9-15(21)11-17-16(7-2-3-8-22)19(23-18(12)17)13-5-4-6-14(20)10-13/h4-6,9-11,23H,2-3,7-8,22H2,1H3. The monoisotopic (exact) mass is 390 g/mol. The molecule has 1 heterocycles. The normalized spacial score (nSPS) is 11.3. The Hall–Kier alpha value is -1.29. The zero-order valence-corrected chi connectivity index (χ0v) is 15.5. The fraction of sp³-hybridized carbons (Fsp3) is 0.263. The van der Waals surface area contributed by atoms with Gasteiger partial charge >= 0.3 is 0 Å². The Labute approximate surface area is 150 Å². The minimum Gasteiger partial charge on any atom is -0.354 e. The van der Waals surface area contributed by atoms with Crippen molar-refractivity contribution in [3.63, 3.8) is 0 Å². The highest BCUT2D eigenvalue weighted by Crippen LogP contribution is 2.35. The Morgan fingerprint density at radius 2 is 2.00 bits per heavy atom. The van der Waals surface area contributed by atoms with Crippen LogP contribution in [0.1, 0.15) is 24.0 Å². The van der Waals surface area contributed by atoms with Crippen molar-refractivity contribution >= 4 is 38.4 Å². The zero-order chi connectivity index (χ0) is 16.4. The topological polar surface area (TPSA) is 41.8 Å². The third kappa shape index (κ3) is 3.47. The van der Waals surface area contributed by atoms with Gasteiger partial charge in [0, 0.05) is 26.1 Å². The predicted molar refractivity (Wildman–Crippen MR) is 103 cm³/mol. The molecule has 0 amide bonds. The summed E-state index contributed by atoms with van der Waals surface area (Å²) < 4.78 is 1.08. The largest absolute Gasteiger partial charge is 0.354 e. The highest BCUT2D eigenvalue weighted by molar-refractivity contribution is 9.10. The van der Waals surface area contributed by atoms with Gasteiger partial charge in [0.05, 0.1) is 0 Å². The molecule has 0 radical (unpaired) electrons. The van der Waals surface area contributed by atoms with Gasteiger partial charge in [-0.25, -0.2) is 0 Å². The Bertz CT molecular complexity index is 839. The minimum atomic E-state index is 0.731. The van der Waals surface area contributed by atoms with E-state index in [4.69, 9.17) is 17.3 Å². The smallest absolute Gasteiger partial charge is 0.0497 e. The predicted octanol–water partition coefficient (Wildman–Crippen LogP) is 5.84. The third-order valence-corrected chi connectivity index (χ3v) is 4.88. The van der Waals surface area contributed by atoms with Gasteiger partial charge in [0.1, 0.15) is 0 Å². The summed E-state index contributed by atoms with van der Waals surface area (Å²) in [6.45, 7) is 2.83. The summed E-state index contributed by atoms with van der Waals surface area (Å²) >= 11 is 9.86. The molecule has 0 aliphatic rings. The number of aromatic amines is 1. The van der Waals surface area contributed by atoms with Crippen molar-refractivity contribution < 1.29 is 0 Å². The first kappa shape index (κ1) is 16.6. The van der Waals surface area contributed by atoms with Crippen molar-refractivity contribution in [1.29, 1.82) is 0 Å². The number of hydrogen-bond donors (Lipinski definition) is 2. The van der Waals surface area contributed by atoms with Gasteiger partial charge in [-0.3, -0.25) is 0 Å². The lowest BCUT2D eigenvalue weighted by Gasteiger charge is -2.06. The molecule has 3 rings (SSSR count). The quantitative estimate of drug-likeness (QED) is 0.527. The molecule has 0 saturated heterocycles. The molecule has 0 unspecified atom stereocenters. The number of halogens is 2. The van der Waals surface area contributed by atoms with Crippen molar-refractivity contribution in [3.8, 4) is 11.3 Å². The number of rotatable bonds is 5. The molecule has 4 heteroatoms. The number of hydrogen-bond acceptors (Lipinski definition) is 1. The summed E-state index contributed by atoms with van der Waals surface area (Å²) in [4.78, 5) is 3.62. The lowest BCUT2D eigenvalue weighted by Crippen LogP contribution is -1.99. The Morgan fingerprint density at radius 1 is 1.17 bits per heavy atom. The van der Waals surface area contributed by atoms with E-state index in [9.17, 15) is 0 Å². The Kier molecular flexibility index (Phi) is 5.10. The molecule has 0 bridgehead atoms. The number of H-pyrrole nitrogens is 1. The molecule has 3 aromatic rings. The lowest BCUT2D eigenvalue weighted by molar-refractivity contribution is 0.748. The zero-order valence-electron chi connectivity index (χ0n) is 13.1. The van der Waals surface area contributed by atoms with E-state index < -0.39 is 0 Å². The van der Waals surface area contributed by atoms with Crippen LogP contribution in [0.2, 0.25) is 5.02 Å². The van der Waals surface area contributed by atoms with Crippen molar-refractivity contribution in [3.05, 3.63) is 57.0 Å². The summed E-state index contributed by atoms with van der Waals surface area (Å²) in [6, 6.07) is 12.5. The van der Waals surface area contributed by atoms with Crippen molar-refractivity contribution in [2.24, 2.45) is 5.73 Å². The van der Waals surface area contributed by atoms with Gasteiger partial charge < -0.3 is 10.7 Å². The second-order valence-corrected chi connectivity index (χ2v) is 7.23. The van der Waals surface area contributed by atoms with E-state index in [1.807, 2.05) is 12.1 Å². The summed E-state index contributed by atoms with van der Waals surface area (Å²) in [5.41, 5.74) is 11.7. The molecule has 0 atom stereocenters. The lowest BCUT2D eigenvalue weighted by atomic mass is 9.99. The summed E-state index contributed by atoms with van der Waals surface area (Å²) in [5.74, 6) is 0. The van der Waals surface area contributed by atoms with Crippen molar-refractivity contribution in [2.45, 2.75) is 26.2 Å². The SMILES string of the molecule is Cc1cc(Cl)cc2c(CCCCN)c(-c3cccc(Br)c3)[nH]c12. The maximum Gasteiger partial charge on any atom is 0.0497 e. The molecule has 2 nitrogen and oxygen atoms in total. The van der Waals surface area contributed by atoms with Crippen LogP contribution in [0.15, 0.2) is 40.9 Å². The maximum absolute atomic E-state index is 6.30. The van der Waals surface area contributed by atoms with E-state index in [0.29, 0.717) is 0 Å². The summed E-state index contributed by atoms with van der Waals surface area (Å²) in [5, 5.41) is 2.01. The van der Waals surface area contributed by atoms with E-state index >= 15 is 0 Å². The van der Waals surface area contributed by atoms with Crippen LogP contribution >= 0.6 is 27.5 Å². The van der Waals surface area contributed by atoms with Crippen LogP contribution in [0, 0.1) is 6.92 Å². The third-order valence-electron chi connectivity index (χ3n) is 4.17. The molecule has 2 aromatic carbocycles. The number of nitrogens with one attached hydrogen (secondary N) is 1. The van der Waals surface area contributed by atoms with Crippen LogP contribution in [0.3, 0.4) is 0 Å². The maximum atomic E-state index is 6.30. The van der Waals surface area contributed by atoms with Crippen LogP contribution in [-0.2, 0) is 6.42 Å². The average Bonchev–Trinajstić information content (AvgIpc) is 2.87. The van der Waals surface area contributed by atoms with Crippen molar-refractivity contribution in [2.75, 3.05) is 6.54 Å². The van der Waals surface area contributed by atoms with E-state index in [1.54, 1.807) is 0 Å². The highest BCUT2D eigenvalue weighted by Gasteiger charge is 2.15. The van der Waals surface area contributed by atoms with Gasteiger partial charge in [0.2, 0.25) is 0 Å². The molecule has 3 N–H and O–H groups in total. The van der Waals surface area contributed by atoms with Crippen LogP contribution in [-0.4, -0.2) is 11.5 Å². The fourth-order valence-corrected chi connectivity index (χ4v) is 3.75. The molecule has 1 aromatic heterocycles. The molecule has 120 valence electrons. The van der Waals surface area contributed by atoms with Gasteiger partial charge in [-0.05, 0) is 73.7 Å². The van der Waals surface area contributed by atoms with Crippen molar-refractivity contribution in [1.82, 2.24) is 4.98 Å². The van der Waals surface area contributed by atoms with E-state index in [1.165, 1.54) is 33.3 Å². The molecule has 0 aliphatic carbocycles. The Balaban J connectivity index is 2.19. The molecule has 0 spiro atoms. The van der Waals surface area contributed by atoms with Crippen LogP contribution in [0.25, 0.3) is 22.2 Å². The summed E-state index contributed by atoms with van der Waals surface area (Å²) in [6.07, 6.45) is 3.11. The van der Waals surface area contributed by atoms with Crippen LogP contribution in [0.4, 0.5) is 0 Å². The molecule has 0 saturated carbocycles. The van der Waals surface area contributed by atoms with Gasteiger partial charge in [-0.1, -0.05) is 39.7 Å². The van der Waals surface area contributed by atoms with Gasteiger partial charge in [0.25, 0.3) is 0 Å². The van der Waals surface area contributed by atoms with E-state index in [-0.39, 0.29) is 0 Å². The second-order valence-electron chi connectivity index (χ2n) is 5.88. The Morgan fingerprint density at radius 3 is 2.74 bits per heavy atom. The van der Waals surface area contributed by atoms with E-state index in [2.05, 4.69) is 52.1 Å². The fourth-order valence-electron chi connectivity index (χ4n) is 3.08. The van der Waals surface area contributed by atoms with E-state index in [0.717, 1.165) is 35.3 Å². The second kappa shape index (κ2) is 7.08. The molecular weight excluding hydrogens is 372 g/mol. The first-order valence-corrected chi connectivity index (χ1v) is 9.04. The first-order chi connectivity index (χ1) is 11.1. The van der Waals surface area contributed by atoms with Crippen LogP contribution < -0.4 is 5.73 Å². The highest BCUT2D eigenvalue weighted by atomic mass is 79.9. The molecule has 23 heavy (non-hydrogen) atoms. The molecular formula is C19H20BrClN2. The van der Waals surface area contributed by atoms with Gasteiger partial charge in [-0.15, -0.1) is 0 Å². The number of aromatic nitrogens is 1. The summed E-state index contributed by atoms with van der Waals surface area (Å²) in [7, 11) is 0. The van der Waals surface area contributed by atoms with Gasteiger partial charge in [-0.2, -0.15) is 0 Å². The number of aryl methyl sites for hydroxylation is 2. The first-order valence-electron chi connectivity index (χ1n) is 7.87. The van der Waals surface area contributed by atoms with Crippen LogP contribution in [0.5, 0.6) is 0 Å². The minimum absolute atomic E-state index is 0.731. The molecule has 0 aliphatic heterocycles.